The van der Waals surface area contributed by atoms with Crippen molar-refractivity contribution in [2.75, 3.05) is 40.9 Å². The Hall–Kier alpha value is -2.06. The summed E-state index contributed by atoms with van der Waals surface area (Å²) in [5, 5.41) is 13.9. The van der Waals surface area contributed by atoms with Crippen LogP contribution < -0.4 is 10.2 Å². The number of carbonyl (C=O) groups is 1. The number of hydrogen-bond acceptors (Lipinski definition) is 6. The number of allylic oxidation sites excluding steroid dienone is 11. The number of aliphatic hydroxyl groups is 1. The van der Waals surface area contributed by atoms with Gasteiger partial charge in [-0.15, -0.1) is 0 Å². The second kappa shape index (κ2) is 61.5. The minimum absolute atomic E-state index is 0.00945. The van der Waals surface area contributed by atoms with Gasteiger partial charge in [-0.1, -0.05) is 305 Å². The Kier molecular flexibility index (Phi) is 59.9. The maximum atomic E-state index is 13.0. The van der Waals surface area contributed by atoms with Gasteiger partial charge in [0.2, 0.25) is 5.91 Å². The van der Waals surface area contributed by atoms with E-state index in [4.69, 9.17) is 9.05 Å². The summed E-state index contributed by atoms with van der Waals surface area (Å²) in [4.78, 5) is 25.6. The summed E-state index contributed by atoms with van der Waals surface area (Å²) in [5.74, 6) is -0.207. The molecule has 0 heterocycles. The van der Waals surface area contributed by atoms with Gasteiger partial charge in [-0.3, -0.25) is 9.36 Å². The lowest BCUT2D eigenvalue weighted by atomic mass is 10.0. The maximum Gasteiger partial charge on any atom is 0.268 e. The molecule has 80 heavy (non-hydrogen) atoms. The van der Waals surface area contributed by atoms with Crippen molar-refractivity contribution in [1.29, 1.82) is 0 Å². The summed E-state index contributed by atoms with van der Waals surface area (Å²) in [6.07, 6.45) is 86.0. The summed E-state index contributed by atoms with van der Waals surface area (Å²) in [5.41, 5.74) is 0. The largest absolute Gasteiger partial charge is 0.756 e. The molecule has 0 radical (unpaired) electrons. The number of phosphoric acid groups is 1. The van der Waals surface area contributed by atoms with Crippen LogP contribution in [0.5, 0.6) is 0 Å². The van der Waals surface area contributed by atoms with Gasteiger partial charge in [0, 0.05) is 6.42 Å². The van der Waals surface area contributed by atoms with Crippen molar-refractivity contribution in [2.24, 2.45) is 0 Å². The number of aliphatic hydroxyl groups excluding tert-OH is 1. The number of nitrogens with zero attached hydrogens (tertiary/aromatic N) is 1. The molecule has 0 aromatic carbocycles. The van der Waals surface area contributed by atoms with Crippen molar-refractivity contribution in [3.8, 4) is 0 Å². The second-order valence-corrected chi connectivity index (χ2v) is 25.9. The lowest BCUT2D eigenvalue weighted by molar-refractivity contribution is -0.870. The highest BCUT2D eigenvalue weighted by atomic mass is 31.2. The Morgan fingerprint density at radius 3 is 1.10 bits per heavy atom. The molecule has 0 aliphatic carbocycles. The normalized spacial score (nSPS) is 14.1. The molecule has 0 aliphatic rings. The molecule has 0 rings (SSSR count). The molecule has 3 atom stereocenters. The van der Waals surface area contributed by atoms with Gasteiger partial charge in [0.15, 0.2) is 0 Å². The van der Waals surface area contributed by atoms with Gasteiger partial charge in [-0.2, -0.15) is 0 Å². The summed E-state index contributed by atoms with van der Waals surface area (Å²) >= 11 is 0. The van der Waals surface area contributed by atoms with Gasteiger partial charge in [-0.25, -0.2) is 0 Å². The number of likely N-dealkylation sites (N-methyl/N-ethyl adjacent to an activating group) is 1. The Balaban J connectivity index is 4.04. The van der Waals surface area contributed by atoms with Crippen LogP contribution in [0.25, 0.3) is 0 Å². The maximum absolute atomic E-state index is 13.0. The SMILES string of the molecule is CCCCCCC/C=C\C/C=C\C/C=C\CCCCCCCCCCCCCCCCCCCCCCCCC(=O)NC(COP(=O)([O-])OCC[N+](C)(C)C)C(O)/C=C/CC/C=C/CC/C=C/CCCCCCCCCCCCC. The van der Waals surface area contributed by atoms with Crippen molar-refractivity contribution < 1.29 is 32.9 Å². The van der Waals surface area contributed by atoms with Gasteiger partial charge >= 0.3 is 0 Å². The van der Waals surface area contributed by atoms with Crippen LogP contribution in [0.15, 0.2) is 72.9 Å². The third-order valence-electron chi connectivity index (χ3n) is 15.4. The predicted octanol–water partition coefficient (Wildman–Crippen LogP) is 21.1. The molecule has 0 aromatic rings. The predicted molar refractivity (Wildman–Crippen MR) is 348 cm³/mol. The van der Waals surface area contributed by atoms with Crippen molar-refractivity contribution in [2.45, 2.75) is 334 Å². The molecular formula is C71H133N2O6P. The number of rotatable bonds is 63. The van der Waals surface area contributed by atoms with Crippen molar-refractivity contribution in [3.63, 3.8) is 0 Å². The van der Waals surface area contributed by atoms with E-state index in [-0.39, 0.29) is 12.5 Å². The van der Waals surface area contributed by atoms with Crippen LogP contribution in [-0.2, 0) is 18.4 Å². The van der Waals surface area contributed by atoms with E-state index in [1.165, 1.54) is 244 Å². The number of quaternary nitrogens is 1. The first-order valence-corrected chi connectivity index (χ1v) is 35.8. The van der Waals surface area contributed by atoms with Gasteiger partial charge in [0.1, 0.15) is 13.2 Å². The number of hydrogen-bond donors (Lipinski definition) is 2. The van der Waals surface area contributed by atoms with E-state index in [1.54, 1.807) is 6.08 Å². The Morgan fingerprint density at radius 1 is 0.438 bits per heavy atom. The van der Waals surface area contributed by atoms with Crippen molar-refractivity contribution in [3.05, 3.63) is 72.9 Å². The molecule has 0 bridgehead atoms. The first kappa shape index (κ1) is 77.9. The third kappa shape index (κ3) is 63.5. The zero-order chi connectivity index (χ0) is 58.4. The molecule has 3 unspecified atom stereocenters. The highest BCUT2D eigenvalue weighted by Gasteiger charge is 2.23. The standard InChI is InChI=1S/C71H133N2O6P/c1-6-8-10-12-14-16-18-20-22-24-26-28-29-30-31-32-33-34-35-36-37-38-39-40-41-42-43-45-47-49-51-53-55-57-59-61-63-65-71(75)72-69(68-79-80(76,77)78-67-66-73(3,4)5)70(74)64-62-60-58-56-54-52-50-48-46-44-27-25-23-21-19-17-15-13-11-9-7-2/h18,20,24,26,29-30,46,48,54,56,62,64,69-70,74H,6-17,19,21-23,25,27-28,31-45,47,49-53,55,57-61,63,65-68H2,1-5H3,(H-,72,75,76,77)/b20-18-,26-24-,30-29-,48-46+,56-54+,64-62+. The minimum Gasteiger partial charge on any atom is -0.756 e. The van der Waals surface area contributed by atoms with E-state index in [1.807, 2.05) is 27.2 Å². The molecule has 9 heteroatoms. The van der Waals surface area contributed by atoms with E-state index >= 15 is 0 Å². The minimum atomic E-state index is -4.61. The molecule has 0 aliphatic heterocycles. The zero-order valence-electron chi connectivity index (χ0n) is 53.5. The molecule has 2 N–H and O–H groups in total. The van der Waals surface area contributed by atoms with Crippen LogP contribution in [0.1, 0.15) is 322 Å². The number of unbranched alkanes of at least 4 members (excludes halogenated alkanes) is 40. The fourth-order valence-electron chi connectivity index (χ4n) is 10.0. The molecular weight excluding hydrogens is 1010 g/mol. The Bertz CT molecular complexity index is 1530. The molecule has 0 aromatic heterocycles. The van der Waals surface area contributed by atoms with E-state index in [2.05, 4.69) is 79.9 Å². The lowest BCUT2D eigenvalue weighted by Crippen LogP contribution is -2.45. The second-order valence-electron chi connectivity index (χ2n) is 24.5. The van der Waals surface area contributed by atoms with E-state index < -0.39 is 26.6 Å². The molecule has 1 amide bonds. The number of amides is 1. The fourth-order valence-corrected chi connectivity index (χ4v) is 10.7. The van der Waals surface area contributed by atoms with E-state index in [0.29, 0.717) is 17.4 Å². The van der Waals surface area contributed by atoms with Crippen LogP contribution in [0.3, 0.4) is 0 Å². The highest BCUT2D eigenvalue weighted by molar-refractivity contribution is 7.45. The van der Waals surface area contributed by atoms with Crippen molar-refractivity contribution >= 4 is 13.7 Å². The fraction of sp³-hybridized carbons (Fsp3) is 0.817. The third-order valence-corrected chi connectivity index (χ3v) is 16.3. The van der Waals surface area contributed by atoms with Crippen LogP contribution in [-0.4, -0.2) is 68.5 Å². The Morgan fingerprint density at radius 2 is 0.738 bits per heavy atom. The number of carbonyl (C=O) groups excluding carboxylic acids is 1. The van der Waals surface area contributed by atoms with Crippen LogP contribution in [0, 0.1) is 0 Å². The highest BCUT2D eigenvalue weighted by Crippen LogP contribution is 2.38. The molecule has 0 spiro atoms. The van der Waals surface area contributed by atoms with E-state index in [0.717, 1.165) is 57.8 Å². The van der Waals surface area contributed by atoms with Crippen molar-refractivity contribution in [1.82, 2.24) is 5.32 Å². The molecule has 0 saturated carbocycles. The average molecular weight is 1140 g/mol. The number of nitrogens with one attached hydrogen (secondary N) is 1. The molecule has 8 nitrogen and oxygen atoms in total. The monoisotopic (exact) mass is 1140 g/mol. The molecule has 0 saturated heterocycles. The van der Waals surface area contributed by atoms with Crippen LogP contribution >= 0.6 is 7.82 Å². The quantitative estimate of drug-likeness (QED) is 0.0272. The zero-order valence-corrected chi connectivity index (χ0v) is 54.4. The molecule has 468 valence electrons. The summed E-state index contributed by atoms with van der Waals surface area (Å²) < 4.78 is 23.4. The Labute approximate surface area is 497 Å². The van der Waals surface area contributed by atoms with Gasteiger partial charge < -0.3 is 28.8 Å². The first-order valence-electron chi connectivity index (χ1n) is 34.3. The van der Waals surface area contributed by atoms with Gasteiger partial charge in [0.05, 0.1) is 39.9 Å². The van der Waals surface area contributed by atoms with Gasteiger partial charge in [0.25, 0.3) is 7.82 Å². The smallest absolute Gasteiger partial charge is 0.268 e. The summed E-state index contributed by atoms with van der Waals surface area (Å²) in [6, 6.07) is -0.912. The average Bonchev–Trinajstić information content (AvgIpc) is 3.42. The topological polar surface area (TPSA) is 108 Å². The van der Waals surface area contributed by atoms with Crippen LogP contribution in [0.2, 0.25) is 0 Å². The molecule has 0 fully saturated rings. The van der Waals surface area contributed by atoms with Crippen LogP contribution in [0.4, 0.5) is 0 Å². The number of phosphoric ester groups is 1. The summed E-state index contributed by atoms with van der Waals surface area (Å²) in [6.45, 7) is 4.64. The summed E-state index contributed by atoms with van der Waals surface area (Å²) in [7, 11) is 1.24. The lowest BCUT2D eigenvalue weighted by Gasteiger charge is -2.29. The van der Waals surface area contributed by atoms with Gasteiger partial charge in [-0.05, 0) is 83.5 Å². The van der Waals surface area contributed by atoms with E-state index in [9.17, 15) is 19.4 Å². The first-order chi connectivity index (χ1) is 39.0.